The molecule has 0 rings (SSSR count). The van der Waals surface area contributed by atoms with Crippen LogP contribution in [-0.2, 0) is 27.9 Å². The summed E-state index contributed by atoms with van der Waals surface area (Å²) in [6.07, 6.45) is 57.1. The van der Waals surface area contributed by atoms with Crippen molar-refractivity contribution in [3.63, 3.8) is 0 Å². The van der Waals surface area contributed by atoms with Crippen molar-refractivity contribution in [1.82, 2.24) is 0 Å². The number of phosphoric ester groups is 1. The van der Waals surface area contributed by atoms with Gasteiger partial charge in [0.1, 0.15) is 19.3 Å². The lowest BCUT2D eigenvalue weighted by Crippen LogP contribution is -2.37. The van der Waals surface area contributed by atoms with E-state index in [-0.39, 0.29) is 32.2 Å². The van der Waals surface area contributed by atoms with Gasteiger partial charge in [-0.15, -0.1) is 0 Å². The van der Waals surface area contributed by atoms with Crippen molar-refractivity contribution in [2.45, 2.75) is 161 Å². The molecule has 0 aromatic heterocycles. The molecule has 0 aliphatic rings. The highest BCUT2D eigenvalue weighted by atomic mass is 31.2. The second-order valence-electron chi connectivity index (χ2n) is 16.0. The minimum atomic E-state index is -4.55. The van der Waals surface area contributed by atoms with Crippen molar-refractivity contribution in [2.24, 2.45) is 0 Å². The average molecular weight is 844 g/mol. The third-order valence-corrected chi connectivity index (χ3v) is 10.1. The lowest BCUT2D eigenvalue weighted by atomic mass is 10.1. The summed E-state index contributed by atoms with van der Waals surface area (Å²) < 4.78 is 34.6. The van der Waals surface area contributed by atoms with Gasteiger partial charge in [0.25, 0.3) is 7.82 Å². The van der Waals surface area contributed by atoms with E-state index in [1.165, 1.54) is 44.9 Å². The van der Waals surface area contributed by atoms with Crippen LogP contribution in [-0.4, -0.2) is 70.7 Å². The van der Waals surface area contributed by atoms with Gasteiger partial charge in [0.15, 0.2) is 0 Å². The van der Waals surface area contributed by atoms with Crippen molar-refractivity contribution in [3.05, 3.63) is 97.2 Å². The van der Waals surface area contributed by atoms with E-state index in [2.05, 4.69) is 111 Å². The molecular formula is C50H86NO7P. The molecule has 0 N–H and O–H groups in total. The van der Waals surface area contributed by atoms with E-state index in [1.807, 2.05) is 21.1 Å². The first-order valence-corrected chi connectivity index (χ1v) is 24.4. The van der Waals surface area contributed by atoms with Crippen LogP contribution >= 0.6 is 7.82 Å². The minimum Gasteiger partial charge on any atom is -0.756 e. The van der Waals surface area contributed by atoms with Gasteiger partial charge >= 0.3 is 5.97 Å². The van der Waals surface area contributed by atoms with Crippen LogP contribution in [0.25, 0.3) is 0 Å². The van der Waals surface area contributed by atoms with Gasteiger partial charge in [-0.1, -0.05) is 150 Å². The molecule has 0 fully saturated rings. The first kappa shape index (κ1) is 56.4. The Morgan fingerprint density at radius 1 is 0.542 bits per heavy atom. The quantitative estimate of drug-likeness (QED) is 0.0199. The number of allylic oxidation sites excluding steroid dienone is 16. The van der Waals surface area contributed by atoms with Gasteiger partial charge in [0.05, 0.1) is 34.4 Å². The van der Waals surface area contributed by atoms with Crippen LogP contribution in [0.1, 0.15) is 155 Å². The maximum absolute atomic E-state index is 12.7. The maximum Gasteiger partial charge on any atom is 0.306 e. The van der Waals surface area contributed by atoms with E-state index in [4.69, 9.17) is 18.5 Å². The van der Waals surface area contributed by atoms with E-state index in [9.17, 15) is 14.3 Å². The molecule has 0 aromatic rings. The normalized spacial score (nSPS) is 14.6. The molecule has 0 spiro atoms. The fourth-order valence-electron chi connectivity index (χ4n) is 5.58. The first-order valence-electron chi connectivity index (χ1n) is 23.0. The molecule has 0 saturated carbocycles. The number of esters is 1. The molecule has 0 aliphatic heterocycles. The summed E-state index contributed by atoms with van der Waals surface area (Å²) in [4.78, 5) is 25.1. The monoisotopic (exact) mass is 844 g/mol. The van der Waals surface area contributed by atoms with Gasteiger partial charge in [-0.05, 0) is 96.3 Å². The van der Waals surface area contributed by atoms with Gasteiger partial charge in [-0.2, -0.15) is 0 Å². The zero-order valence-corrected chi connectivity index (χ0v) is 39.1. The number of hydrogen-bond acceptors (Lipinski definition) is 7. The molecule has 0 amide bonds. The lowest BCUT2D eigenvalue weighted by Gasteiger charge is -2.28. The predicted molar refractivity (Wildman–Crippen MR) is 249 cm³/mol. The zero-order chi connectivity index (χ0) is 43.4. The zero-order valence-electron chi connectivity index (χ0n) is 38.2. The number of likely N-dealkylation sites (N-methyl/N-ethyl adjacent to an activating group) is 1. The number of phosphoric acid groups is 1. The number of ether oxygens (including phenoxy) is 2. The van der Waals surface area contributed by atoms with E-state index in [1.54, 1.807) is 0 Å². The maximum atomic E-state index is 12.7. The fourth-order valence-corrected chi connectivity index (χ4v) is 6.31. The van der Waals surface area contributed by atoms with E-state index in [0.717, 1.165) is 83.5 Å². The van der Waals surface area contributed by atoms with E-state index < -0.39 is 13.9 Å². The van der Waals surface area contributed by atoms with Crippen molar-refractivity contribution in [1.29, 1.82) is 0 Å². The Bertz CT molecular complexity index is 1260. The van der Waals surface area contributed by atoms with E-state index >= 15 is 0 Å². The number of quaternary nitrogens is 1. The predicted octanol–water partition coefficient (Wildman–Crippen LogP) is 13.2. The third kappa shape index (κ3) is 46.3. The van der Waals surface area contributed by atoms with Crippen molar-refractivity contribution < 1.29 is 37.3 Å². The highest BCUT2D eigenvalue weighted by Crippen LogP contribution is 2.38. The highest BCUT2D eigenvalue weighted by Gasteiger charge is 2.20. The van der Waals surface area contributed by atoms with Gasteiger partial charge in [-0.3, -0.25) is 9.36 Å². The van der Waals surface area contributed by atoms with Gasteiger partial charge in [-0.25, -0.2) is 0 Å². The number of carbonyl (C=O) groups is 1. The fraction of sp³-hybridized carbons (Fsp3) is 0.660. The number of carbonyl (C=O) groups excluding carboxylic acids is 1. The molecule has 0 aromatic carbocycles. The smallest absolute Gasteiger partial charge is 0.306 e. The highest BCUT2D eigenvalue weighted by molar-refractivity contribution is 7.45. The van der Waals surface area contributed by atoms with Gasteiger partial charge < -0.3 is 27.9 Å². The Kier molecular flexibility index (Phi) is 40.3. The molecule has 2 atom stereocenters. The van der Waals surface area contributed by atoms with E-state index in [0.29, 0.717) is 24.1 Å². The lowest BCUT2D eigenvalue weighted by molar-refractivity contribution is -0.870. The summed E-state index contributed by atoms with van der Waals surface area (Å²) >= 11 is 0. The number of unbranched alkanes of at least 4 members (excludes halogenated alkanes) is 11. The topological polar surface area (TPSA) is 94.1 Å². The largest absolute Gasteiger partial charge is 0.756 e. The van der Waals surface area contributed by atoms with Crippen LogP contribution in [0.4, 0.5) is 0 Å². The average Bonchev–Trinajstić information content (AvgIpc) is 3.19. The Morgan fingerprint density at radius 3 is 1.47 bits per heavy atom. The van der Waals surface area contributed by atoms with Crippen LogP contribution in [0.5, 0.6) is 0 Å². The van der Waals surface area contributed by atoms with Crippen LogP contribution in [0.3, 0.4) is 0 Å². The first-order chi connectivity index (χ1) is 28.6. The molecule has 0 radical (unpaired) electrons. The molecule has 0 bridgehead atoms. The standard InChI is InChI=1S/C50H86NO7P/c1-6-8-10-12-14-16-18-20-22-24-25-26-27-28-29-31-33-35-37-39-41-43-50(52)58-49(48-57-59(53,54)56-46-44-51(3,4)5)47-55-45-42-40-38-36-34-32-30-23-21-19-17-15-13-11-9-7-2/h8,10,14-17,20-23,25-26,28-29,33,35,49H,6-7,9,11-13,18-19,24,27,30-32,34,36-48H2,1-5H3/b10-8-,16-14-,17-15-,22-20-,23-21-,26-25-,29-28-,35-33-. The Labute approximate surface area is 362 Å². The summed E-state index contributed by atoms with van der Waals surface area (Å²) in [5, 5.41) is 0. The molecule has 59 heavy (non-hydrogen) atoms. The summed E-state index contributed by atoms with van der Waals surface area (Å²) in [7, 11) is 1.30. The Balaban J connectivity index is 4.36. The van der Waals surface area contributed by atoms with Gasteiger partial charge in [0.2, 0.25) is 0 Å². The number of nitrogens with zero attached hydrogens (tertiary/aromatic N) is 1. The second kappa shape index (κ2) is 42.1. The van der Waals surface area contributed by atoms with Gasteiger partial charge in [0, 0.05) is 13.0 Å². The number of rotatable bonds is 41. The van der Waals surface area contributed by atoms with Crippen molar-refractivity contribution in [3.8, 4) is 0 Å². The van der Waals surface area contributed by atoms with Crippen LogP contribution < -0.4 is 4.89 Å². The summed E-state index contributed by atoms with van der Waals surface area (Å²) in [5.74, 6) is -0.384. The summed E-state index contributed by atoms with van der Waals surface area (Å²) in [6, 6.07) is 0. The molecule has 9 heteroatoms. The molecule has 2 unspecified atom stereocenters. The van der Waals surface area contributed by atoms with Crippen molar-refractivity contribution in [2.75, 3.05) is 54.1 Å². The summed E-state index contributed by atoms with van der Waals surface area (Å²) in [6.45, 7) is 5.16. The van der Waals surface area contributed by atoms with Crippen LogP contribution in [0.2, 0.25) is 0 Å². The molecular weight excluding hydrogens is 758 g/mol. The minimum absolute atomic E-state index is 0.00947. The summed E-state index contributed by atoms with van der Waals surface area (Å²) in [5.41, 5.74) is 0. The van der Waals surface area contributed by atoms with Crippen molar-refractivity contribution >= 4 is 13.8 Å². The molecule has 0 aliphatic carbocycles. The SMILES string of the molecule is CC/C=C\C/C=C\C/C=C\C/C=C\C/C=C\C/C=C\CCCCC(=O)OC(COCCCCCCCC/C=C\C/C=C\CCCCC)COP(=O)([O-])OCC[N+](C)(C)C. The Hall–Kier alpha value is -2.58. The third-order valence-electron chi connectivity index (χ3n) is 9.12. The number of hydrogen-bond donors (Lipinski definition) is 0. The van der Waals surface area contributed by atoms with Crippen LogP contribution in [0.15, 0.2) is 97.2 Å². The molecule has 0 saturated heterocycles. The van der Waals surface area contributed by atoms with Crippen LogP contribution in [0, 0.1) is 0 Å². The molecule has 8 nitrogen and oxygen atoms in total. The molecule has 0 heterocycles. The molecule has 338 valence electrons. The second-order valence-corrected chi connectivity index (χ2v) is 17.4. The Morgan fingerprint density at radius 2 is 0.983 bits per heavy atom.